The van der Waals surface area contributed by atoms with Crippen molar-refractivity contribution in [1.82, 2.24) is 20.5 Å². The average Bonchev–Trinajstić information content (AvgIpc) is 2.73. The molecule has 0 bridgehead atoms. The van der Waals surface area contributed by atoms with Crippen LogP contribution in [0.25, 0.3) is 0 Å². The number of nitrogens with one attached hydrogen (secondary N) is 2. The number of likely N-dealkylation sites (N-methyl/N-ethyl adjacent to an activating group) is 1. The number of hydrogen-bond donors (Lipinski definition) is 2. The third kappa shape index (κ3) is 5.83. The molecule has 0 aliphatic carbocycles. The highest BCUT2D eigenvalue weighted by Gasteiger charge is 2.22. The van der Waals surface area contributed by atoms with E-state index < -0.39 is 0 Å². The van der Waals surface area contributed by atoms with Crippen LogP contribution >= 0.6 is 0 Å². The van der Waals surface area contributed by atoms with Gasteiger partial charge in [-0.2, -0.15) is 0 Å². The fraction of sp³-hybridized carbons (Fsp3) is 0.714. The summed E-state index contributed by atoms with van der Waals surface area (Å²) in [7, 11) is 0. The van der Waals surface area contributed by atoms with Crippen LogP contribution < -0.4 is 15.5 Å². The Labute approximate surface area is 164 Å². The first-order valence-corrected chi connectivity index (χ1v) is 10.7. The number of guanidine groups is 1. The molecule has 6 heteroatoms. The highest BCUT2D eigenvalue weighted by Crippen LogP contribution is 2.18. The number of nitrogens with zero attached hydrogens (tertiary/aromatic N) is 4. The van der Waals surface area contributed by atoms with Crippen LogP contribution in [0.15, 0.2) is 29.4 Å². The molecule has 1 aromatic rings. The molecule has 2 saturated heterocycles. The summed E-state index contributed by atoms with van der Waals surface area (Å²) in [5, 5.41) is 7.11. The summed E-state index contributed by atoms with van der Waals surface area (Å²) in [5.74, 6) is 2.07. The number of piperidine rings is 2. The average molecular weight is 373 g/mol. The van der Waals surface area contributed by atoms with Crippen molar-refractivity contribution in [2.24, 2.45) is 4.99 Å². The van der Waals surface area contributed by atoms with Crippen LogP contribution in [0.5, 0.6) is 0 Å². The van der Waals surface area contributed by atoms with Gasteiger partial charge in [0.1, 0.15) is 5.82 Å². The van der Waals surface area contributed by atoms with Gasteiger partial charge in [0.15, 0.2) is 5.96 Å². The van der Waals surface area contributed by atoms with E-state index in [2.05, 4.69) is 51.4 Å². The highest BCUT2D eigenvalue weighted by atomic mass is 15.2. The second kappa shape index (κ2) is 10.5. The fourth-order valence-corrected chi connectivity index (χ4v) is 4.19. The number of hydrogen-bond acceptors (Lipinski definition) is 4. The first-order valence-electron chi connectivity index (χ1n) is 10.7. The smallest absolute Gasteiger partial charge is 0.191 e. The highest BCUT2D eigenvalue weighted by molar-refractivity contribution is 5.80. The Bertz CT molecular complexity index is 567. The van der Waals surface area contributed by atoms with E-state index >= 15 is 0 Å². The molecule has 1 unspecified atom stereocenters. The van der Waals surface area contributed by atoms with E-state index in [9.17, 15) is 0 Å². The van der Waals surface area contributed by atoms with Gasteiger partial charge in [-0.05, 0) is 57.8 Å². The zero-order valence-corrected chi connectivity index (χ0v) is 17.0. The molecular formula is C21H36N6. The predicted molar refractivity (Wildman–Crippen MR) is 113 cm³/mol. The van der Waals surface area contributed by atoms with Gasteiger partial charge in [-0.15, -0.1) is 0 Å². The van der Waals surface area contributed by atoms with Gasteiger partial charge in [0, 0.05) is 37.9 Å². The van der Waals surface area contributed by atoms with Gasteiger partial charge in [0.25, 0.3) is 0 Å². The lowest BCUT2D eigenvalue weighted by molar-refractivity contribution is 0.161. The summed E-state index contributed by atoms with van der Waals surface area (Å²) in [4.78, 5) is 14.4. The van der Waals surface area contributed by atoms with Gasteiger partial charge in [0.2, 0.25) is 0 Å². The van der Waals surface area contributed by atoms with Crippen molar-refractivity contribution in [3.63, 3.8) is 0 Å². The van der Waals surface area contributed by atoms with E-state index in [1.165, 1.54) is 25.8 Å². The number of likely N-dealkylation sites (tertiary alicyclic amines) is 1. The van der Waals surface area contributed by atoms with E-state index in [-0.39, 0.29) is 0 Å². The lowest BCUT2D eigenvalue weighted by Gasteiger charge is -2.35. The molecule has 0 spiro atoms. The molecule has 0 radical (unpaired) electrons. The van der Waals surface area contributed by atoms with E-state index in [4.69, 9.17) is 4.99 Å². The summed E-state index contributed by atoms with van der Waals surface area (Å²) in [6, 6.07) is 7.22. The van der Waals surface area contributed by atoms with Crippen molar-refractivity contribution in [1.29, 1.82) is 0 Å². The Balaban J connectivity index is 1.50. The molecule has 6 nitrogen and oxygen atoms in total. The predicted octanol–water partition coefficient (Wildman–Crippen LogP) is 2.48. The molecular weight excluding hydrogens is 336 g/mol. The van der Waals surface area contributed by atoms with Gasteiger partial charge < -0.3 is 15.5 Å². The summed E-state index contributed by atoms with van der Waals surface area (Å²) >= 11 is 0. The number of pyridine rings is 1. The fourth-order valence-electron chi connectivity index (χ4n) is 4.19. The molecule has 2 aliphatic heterocycles. The molecule has 27 heavy (non-hydrogen) atoms. The van der Waals surface area contributed by atoms with Gasteiger partial charge in [-0.25, -0.2) is 4.98 Å². The van der Waals surface area contributed by atoms with Gasteiger partial charge in [-0.1, -0.05) is 19.4 Å². The third-order valence-electron chi connectivity index (χ3n) is 5.77. The minimum absolute atomic E-state index is 0.483. The Morgan fingerprint density at radius 1 is 1.15 bits per heavy atom. The van der Waals surface area contributed by atoms with Crippen molar-refractivity contribution >= 4 is 11.8 Å². The zero-order chi connectivity index (χ0) is 18.9. The topological polar surface area (TPSA) is 55.8 Å². The van der Waals surface area contributed by atoms with Crippen LogP contribution in [0.1, 0.15) is 46.0 Å². The first-order chi connectivity index (χ1) is 13.3. The molecule has 2 N–H and O–H groups in total. The molecule has 0 aromatic carbocycles. The molecule has 2 fully saturated rings. The molecule has 0 saturated carbocycles. The Morgan fingerprint density at radius 2 is 2.00 bits per heavy atom. The largest absolute Gasteiger partial charge is 0.357 e. The van der Waals surface area contributed by atoms with E-state index in [1.807, 2.05) is 12.3 Å². The van der Waals surface area contributed by atoms with Crippen LogP contribution in [-0.4, -0.2) is 67.2 Å². The van der Waals surface area contributed by atoms with Crippen LogP contribution in [-0.2, 0) is 0 Å². The quantitative estimate of drug-likeness (QED) is 0.593. The monoisotopic (exact) mass is 372 g/mol. The molecule has 2 aliphatic rings. The number of rotatable bonds is 6. The van der Waals surface area contributed by atoms with Crippen molar-refractivity contribution in [3.8, 4) is 0 Å². The Hall–Kier alpha value is -1.82. The van der Waals surface area contributed by atoms with E-state index in [0.29, 0.717) is 12.1 Å². The second-order valence-electron chi connectivity index (χ2n) is 7.59. The number of anilines is 1. The molecule has 1 aromatic heterocycles. The SMILES string of the molecule is CCNC(=NCC1CCCCN1CC)NC1CCN(c2ccccn2)CC1. The van der Waals surface area contributed by atoms with E-state index in [1.54, 1.807) is 0 Å². The summed E-state index contributed by atoms with van der Waals surface area (Å²) in [6.07, 6.45) is 8.06. The number of aliphatic imine (C=N–C) groups is 1. The van der Waals surface area contributed by atoms with Gasteiger partial charge >= 0.3 is 0 Å². The Morgan fingerprint density at radius 3 is 2.70 bits per heavy atom. The van der Waals surface area contributed by atoms with Gasteiger partial charge in [-0.3, -0.25) is 9.89 Å². The van der Waals surface area contributed by atoms with Crippen molar-refractivity contribution in [2.75, 3.05) is 44.2 Å². The molecule has 0 amide bonds. The standard InChI is InChI=1S/C21H36N6/c1-3-22-21(24-17-19-9-6-8-14-26(19)4-2)25-18-11-15-27(16-12-18)20-10-5-7-13-23-20/h5,7,10,13,18-19H,3-4,6,8-9,11-12,14-17H2,1-2H3,(H2,22,24,25). The van der Waals surface area contributed by atoms with E-state index in [0.717, 1.165) is 57.3 Å². The lowest BCUT2D eigenvalue weighted by atomic mass is 10.0. The minimum Gasteiger partial charge on any atom is -0.357 e. The summed E-state index contributed by atoms with van der Waals surface area (Å²) < 4.78 is 0. The maximum absolute atomic E-state index is 4.93. The molecule has 1 atom stereocenters. The van der Waals surface area contributed by atoms with Crippen LogP contribution in [0.3, 0.4) is 0 Å². The maximum atomic E-state index is 4.93. The number of aromatic nitrogens is 1. The van der Waals surface area contributed by atoms with Crippen LogP contribution in [0, 0.1) is 0 Å². The van der Waals surface area contributed by atoms with Crippen molar-refractivity contribution < 1.29 is 0 Å². The molecule has 3 rings (SSSR count). The van der Waals surface area contributed by atoms with Crippen LogP contribution in [0.2, 0.25) is 0 Å². The second-order valence-corrected chi connectivity index (χ2v) is 7.59. The van der Waals surface area contributed by atoms with Crippen molar-refractivity contribution in [3.05, 3.63) is 24.4 Å². The molecule has 3 heterocycles. The normalized spacial score (nSPS) is 22.7. The maximum Gasteiger partial charge on any atom is 0.191 e. The zero-order valence-electron chi connectivity index (χ0n) is 17.0. The first kappa shape index (κ1) is 19.9. The lowest BCUT2D eigenvalue weighted by Crippen LogP contribution is -2.49. The van der Waals surface area contributed by atoms with Gasteiger partial charge in [0.05, 0.1) is 6.54 Å². The van der Waals surface area contributed by atoms with Crippen LogP contribution in [0.4, 0.5) is 5.82 Å². The molecule has 150 valence electrons. The Kier molecular flexibility index (Phi) is 7.75. The summed E-state index contributed by atoms with van der Waals surface area (Å²) in [6.45, 7) is 10.7. The van der Waals surface area contributed by atoms with Crippen molar-refractivity contribution in [2.45, 2.75) is 58.0 Å². The minimum atomic E-state index is 0.483. The summed E-state index contributed by atoms with van der Waals surface area (Å²) in [5.41, 5.74) is 0. The third-order valence-corrected chi connectivity index (χ3v) is 5.77.